The lowest BCUT2D eigenvalue weighted by molar-refractivity contribution is 0.197. The number of carbonyl (C=O) groups is 1. The first-order valence-electron chi connectivity index (χ1n) is 7.55. The Morgan fingerprint density at radius 1 is 1.35 bits per heavy atom. The van der Waals surface area contributed by atoms with Crippen LogP contribution in [0.15, 0.2) is 0 Å². The number of anilines is 1. The van der Waals surface area contributed by atoms with Gasteiger partial charge in [0.25, 0.3) is 0 Å². The SMILES string of the molecule is CCc1nc(NC(=O)N(C)C2CCCCCC2)nn1C. The van der Waals surface area contributed by atoms with Gasteiger partial charge >= 0.3 is 6.03 Å². The van der Waals surface area contributed by atoms with E-state index in [4.69, 9.17) is 0 Å². The Balaban J connectivity index is 1.95. The summed E-state index contributed by atoms with van der Waals surface area (Å²) in [6.45, 7) is 2.02. The molecule has 6 heteroatoms. The first-order chi connectivity index (χ1) is 9.61. The summed E-state index contributed by atoms with van der Waals surface area (Å²) in [4.78, 5) is 18.4. The lowest BCUT2D eigenvalue weighted by Crippen LogP contribution is -2.39. The largest absolute Gasteiger partial charge is 0.325 e. The Kier molecular flexibility index (Phi) is 4.98. The third-order valence-corrected chi connectivity index (χ3v) is 4.08. The number of hydrogen-bond acceptors (Lipinski definition) is 3. The Morgan fingerprint density at radius 2 is 2.00 bits per heavy atom. The Labute approximate surface area is 120 Å². The van der Waals surface area contributed by atoms with Crippen LogP contribution in [0.5, 0.6) is 0 Å². The van der Waals surface area contributed by atoms with E-state index in [0.29, 0.717) is 12.0 Å². The van der Waals surface area contributed by atoms with E-state index in [1.165, 1.54) is 25.7 Å². The monoisotopic (exact) mass is 279 g/mol. The molecule has 1 saturated carbocycles. The van der Waals surface area contributed by atoms with Gasteiger partial charge in [-0.1, -0.05) is 32.6 Å². The number of nitrogens with one attached hydrogen (secondary N) is 1. The number of rotatable bonds is 3. The molecule has 0 radical (unpaired) electrons. The summed E-state index contributed by atoms with van der Waals surface area (Å²) in [7, 11) is 3.71. The minimum atomic E-state index is -0.106. The molecule has 2 rings (SSSR count). The van der Waals surface area contributed by atoms with Crippen molar-refractivity contribution in [3.8, 4) is 0 Å². The van der Waals surface area contributed by atoms with Crippen LogP contribution in [-0.2, 0) is 13.5 Å². The number of nitrogens with zero attached hydrogens (tertiary/aromatic N) is 4. The van der Waals surface area contributed by atoms with E-state index >= 15 is 0 Å². The summed E-state index contributed by atoms with van der Waals surface area (Å²) in [5, 5.41) is 7.01. The second-order valence-electron chi connectivity index (χ2n) is 5.52. The van der Waals surface area contributed by atoms with Crippen molar-refractivity contribution in [1.29, 1.82) is 0 Å². The zero-order chi connectivity index (χ0) is 14.5. The van der Waals surface area contributed by atoms with E-state index in [-0.39, 0.29) is 6.03 Å². The third-order valence-electron chi connectivity index (χ3n) is 4.08. The van der Waals surface area contributed by atoms with Crippen molar-refractivity contribution < 1.29 is 4.79 Å². The Hall–Kier alpha value is -1.59. The first kappa shape index (κ1) is 14.8. The van der Waals surface area contributed by atoms with Crippen LogP contribution >= 0.6 is 0 Å². The van der Waals surface area contributed by atoms with Crippen molar-refractivity contribution >= 4 is 12.0 Å². The Morgan fingerprint density at radius 3 is 2.55 bits per heavy atom. The summed E-state index contributed by atoms with van der Waals surface area (Å²) in [5.74, 6) is 1.27. The van der Waals surface area contributed by atoms with Crippen LogP contribution in [0.25, 0.3) is 0 Å². The fraction of sp³-hybridized carbons (Fsp3) is 0.786. The predicted molar refractivity (Wildman–Crippen MR) is 78.7 cm³/mol. The molecule has 1 N–H and O–H groups in total. The van der Waals surface area contributed by atoms with Crippen molar-refractivity contribution in [1.82, 2.24) is 19.7 Å². The van der Waals surface area contributed by atoms with Crippen molar-refractivity contribution in [3.05, 3.63) is 5.82 Å². The second-order valence-corrected chi connectivity index (χ2v) is 5.52. The summed E-state index contributed by atoms with van der Waals surface area (Å²) >= 11 is 0. The molecule has 0 aromatic carbocycles. The van der Waals surface area contributed by atoms with Gasteiger partial charge in [-0.25, -0.2) is 4.79 Å². The molecule has 20 heavy (non-hydrogen) atoms. The number of aromatic nitrogens is 3. The summed E-state index contributed by atoms with van der Waals surface area (Å²) < 4.78 is 1.71. The van der Waals surface area contributed by atoms with E-state index in [2.05, 4.69) is 15.4 Å². The van der Waals surface area contributed by atoms with Gasteiger partial charge in [-0.2, -0.15) is 4.98 Å². The van der Waals surface area contributed by atoms with Gasteiger partial charge in [0, 0.05) is 26.6 Å². The smallest absolute Gasteiger partial charge is 0.324 e. The van der Waals surface area contributed by atoms with Crippen LogP contribution in [-0.4, -0.2) is 38.8 Å². The molecule has 0 aliphatic heterocycles. The quantitative estimate of drug-likeness (QED) is 0.865. The zero-order valence-electron chi connectivity index (χ0n) is 12.7. The average Bonchev–Trinajstić information content (AvgIpc) is 2.66. The van der Waals surface area contributed by atoms with Gasteiger partial charge in [-0.3, -0.25) is 10.00 Å². The standard InChI is InChI=1S/C14H25N5O/c1-4-12-15-13(17-19(12)3)16-14(20)18(2)11-9-7-5-6-8-10-11/h11H,4-10H2,1-3H3,(H,16,17,20). The summed E-state index contributed by atoms with van der Waals surface area (Å²) in [5.41, 5.74) is 0. The molecule has 1 aromatic rings. The maximum absolute atomic E-state index is 12.3. The maximum Gasteiger partial charge on any atom is 0.324 e. The van der Waals surface area contributed by atoms with E-state index in [9.17, 15) is 4.79 Å². The molecule has 0 saturated heterocycles. The Bertz CT molecular complexity index is 448. The minimum absolute atomic E-state index is 0.106. The van der Waals surface area contributed by atoms with Gasteiger partial charge in [0.15, 0.2) is 0 Å². The first-order valence-corrected chi connectivity index (χ1v) is 7.55. The fourth-order valence-corrected chi connectivity index (χ4v) is 2.77. The van der Waals surface area contributed by atoms with Gasteiger partial charge in [-0.05, 0) is 12.8 Å². The normalized spacial score (nSPS) is 16.8. The molecule has 1 aliphatic rings. The molecule has 2 amide bonds. The molecule has 1 aliphatic carbocycles. The van der Waals surface area contributed by atoms with Crippen LogP contribution in [0.1, 0.15) is 51.3 Å². The van der Waals surface area contributed by atoms with Crippen LogP contribution < -0.4 is 5.32 Å². The lowest BCUT2D eigenvalue weighted by atomic mass is 10.1. The maximum atomic E-state index is 12.3. The highest BCUT2D eigenvalue weighted by atomic mass is 16.2. The molecular weight excluding hydrogens is 254 g/mol. The zero-order valence-corrected chi connectivity index (χ0v) is 12.7. The number of hydrogen-bond donors (Lipinski definition) is 1. The number of urea groups is 1. The molecule has 0 atom stereocenters. The molecule has 1 heterocycles. The van der Waals surface area contributed by atoms with Gasteiger partial charge in [0.05, 0.1) is 0 Å². The van der Waals surface area contributed by atoms with Crippen molar-refractivity contribution in [2.24, 2.45) is 7.05 Å². The molecule has 112 valence electrons. The van der Waals surface area contributed by atoms with Crippen molar-refractivity contribution in [2.75, 3.05) is 12.4 Å². The van der Waals surface area contributed by atoms with Crippen LogP contribution in [0.4, 0.5) is 10.7 Å². The number of amides is 2. The topological polar surface area (TPSA) is 63.1 Å². The van der Waals surface area contributed by atoms with Crippen LogP contribution in [0, 0.1) is 0 Å². The van der Waals surface area contributed by atoms with E-state index in [0.717, 1.165) is 25.1 Å². The molecule has 1 fully saturated rings. The van der Waals surface area contributed by atoms with Crippen LogP contribution in [0.3, 0.4) is 0 Å². The van der Waals surface area contributed by atoms with Gasteiger partial charge in [0.2, 0.25) is 5.95 Å². The second kappa shape index (κ2) is 6.72. The summed E-state index contributed by atoms with van der Waals surface area (Å²) in [6, 6.07) is 0.233. The predicted octanol–water partition coefficient (Wildman–Crippen LogP) is 2.56. The van der Waals surface area contributed by atoms with Gasteiger partial charge in [-0.15, -0.1) is 5.10 Å². The van der Waals surface area contributed by atoms with E-state index in [1.807, 2.05) is 25.9 Å². The highest BCUT2D eigenvalue weighted by Crippen LogP contribution is 2.21. The molecule has 0 spiro atoms. The fourth-order valence-electron chi connectivity index (χ4n) is 2.77. The van der Waals surface area contributed by atoms with E-state index < -0.39 is 0 Å². The average molecular weight is 279 g/mol. The summed E-state index contributed by atoms with van der Waals surface area (Å²) in [6.07, 6.45) is 7.99. The molecule has 6 nitrogen and oxygen atoms in total. The van der Waals surface area contributed by atoms with Gasteiger partial charge < -0.3 is 4.90 Å². The van der Waals surface area contributed by atoms with Crippen LogP contribution in [0.2, 0.25) is 0 Å². The highest BCUT2D eigenvalue weighted by Gasteiger charge is 2.22. The lowest BCUT2D eigenvalue weighted by Gasteiger charge is -2.26. The minimum Gasteiger partial charge on any atom is -0.325 e. The number of carbonyl (C=O) groups excluding carboxylic acids is 1. The molecule has 0 bridgehead atoms. The van der Waals surface area contributed by atoms with Crippen molar-refractivity contribution in [3.63, 3.8) is 0 Å². The number of aryl methyl sites for hydroxylation is 2. The third kappa shape index (κ3) is 3.49. The highest BCUT2D eigenvalue weighted by molar-refractivity contribution is 5.87. The van der Waals surface area contributed by atoms with Crippen molar-refractivity contribution in [2.45, 2.75) is 57.9 Å². The molecule has 1 aromatic heterocycles. The molecular formula is C14H25N5O. The molecule has 0 unspecified atom stereocenters. The van der Waals surface area contributed by atoms with Gasteiger partial charge in [0.1, 0.15) is 5.82 Å². The van der Waals surface area contributed by atoms with E-state index in [1.54, 1.807) is 4.68 Å².